The molecule has 0 spiro atoms. The van der Waals surface area contributed by atoms with Gasteiger partial charge in [-0.3, -0.25) is 9.59 Å². The number of aliphatic hydroxyl groups is 2. The van der Waals surface area contributed by atoms with Crippen LogP contribution in [0.5, 0.6) is 0 Å². The number of hydrogen-bond acceptors (Lipinski definition) is 5. The van der Waals surface area contributed by atoms with Gasteiger partial charge in [-0.2, -0.15) is 0 Å². The lowest BCUT2D eigenvalue weighted by atomic mass is 10.0. The zero-order chi connectivity index (χ0) is 55.0. The Kier molecular flexibility index (Phi) is 63.5. The molecule has 0 radical (unpaired) electrons. The fourth-order valence-electron chi connectivity index (χ4n) is 10.4. The van der Waals surface area contributed by atoms with E-state index in [2.05, 4.69) is 55.6 Å². The molecule has 76 heavy (non-hydrogen) atoms. The zero-order valence-electron chi connectivity index (χ0n) is 51.0. The molecule has 446 valence electrons. The molecule has 0 aliphatic rings. The number of esters is 1. The third-order valence-corrected chi connectivity index (χ3v) is 15.6. The van der Waals surface area contributed by atoms with Gasteiger partial charge in [0.2, 0.25) is 5.91 Å². The van der Waals surface area contributed by atoms with Crippen LogP contribution in [0.1, 0.15) is 361 Å². The molecule has 3 N–H and O–H groups in total. The zero-order valence-corrected chi connectivity index (χ0v) is 51.0. The monoisotopic (exact) mass is 1070 g/mol. The van der Waals surface area contributed by atoms with E-state index < -0.39 is 12.1 Å². The van der Waals surface area contributed by atoms with Crippen molar-refractivity contribution < 1.29 is 24.5 Å². The van der Waals surface area contributed by atoms with Crippen LogP contribution in [0.3, 0.4) is 0 Å². The fourth-order valence-corrected chi connectivity index (χ4v) is 10.4. The van der Waals surface area contributed by atoms with Crippen LogP contribution in [0.25, 0.3) is 0 Å². The highest BCUT2D eigenvalue weighted by Crippen LogP contribution is 2.17. The van der Waals surface area contributed by atoms with Crippen molar-refractivity contribution in [3.8, 4) is 0 Å². The van der Waals surface area contributed by atoms with Gasteiger partial charge in [0, 0.05) is 12.8 Å². The molecule has 0 aromatic rings. The predicted molar refractivity (Wildman–Crippen MR) is 333 cm³/mol. The summed E-state index contributed by atoms with van der Waals surface area (Å²) in [4.78, 5) is 24.5. The molecule has 0 saturated heterocycles. The van der Waals surface area contributed by atoms with E-state index in [1.807, 2.05) is 6.08 Å². The maximum atomic E-state index is 12.4. The van der Waals surface area contributed by atoms with E-state index in [1.165, 1.54) is 283 Å². The molecule has 0 aromatic carbocycles. The van der Waals surface area contributed by atoms with Crippen molar-refractivity contribution in [2.75, 3.05) is 13.2 Å². The van der Waals surface area contributed by atoms with Crippen molar-refractivity contribution in [2.24, 2.45) is 0 Å². The minimum atomic E-state index is -0.842. The Bertz CT molecular complexity index is 1270. The number of hydrogen-bond donors (Lipinski definition) is 3. The van der Waals surface area contributed by atoms with Gasteiger partial charge in [-0.05, 0) is 89.9 Å². The maximum Gasteiger partial charge on any atom is 0.305 e. The van der Waals surface area contributed by atoms with Crippen molar-refractivity contribution in [3.63, 3.8) is 0 Å². The summed E-state index contributed by atoms with van der Waals surface area (Å²) in [5.74, 6) is -0.0608. The van der Waals surface area contributed by atoms with Gasteiger partial charge in [0.15, 0.2) is 0 Å². The van der Waals surface area contributed by atoms with Gasteiger partial charge in [-0.15, -0.1) is 0 Å². The van der Waals surface area contributed by atoms with Gasteiger partial charge in [0.25, 0.3) is 0 Å². The van der Waals surface area contributed by atoms with Crippen molar-refractivity contribution >= 4 is 11.9 Å². The Hall–Kier alpha value is -2.18. The quantitative estimate of drug-likeness (QED) is 0.0320. The van der Waals surface area contributed by atoms with E-state index in [4.69, 9.17) is 4.74 Å². The second-order valence-electron chi connectivity index (χ2n) is 23.1. The molecule has 0 aliphatic heterocycles. The summed E-state index contributed by atoms with van der Waals surface area (Å²) in [5, 5.41) is 23.0. The largest absolute Gasteiger partial charge is 0.466 e. The molecule has 0 fully saturated rings. The van der Waals surface area contributed by atoms with E-state index in [0.717, 1.165) is 51.4 Å². The van der Waals surface area contributed by atoms with Crippen LogP contribution in [-0.4, -0.2) is 47.4 Å². The number of nitrogens with one attached hydrogen (secondary N) is 1. The number of ether oxygens (including phenoxy) is 1. The summed E-state index contributed by atoms with van der Waals surface area (Å²) in [6.07, 6.45) is 84.8. The lowest BCUT2D eigenvalue weighted by Gasteiger charge is -2.20. The normalized spacial score (nSPS) is 12.8. The average molecular weight is 1070 g/mol. The van der Waals surface area contributed by atoms with Crippen molar-refractivity contribution in [2.45, 2.75) is 373 Å². The van der Waals surface area contributed by atoms with E-state index >= 15 is 0 Å². The molecule has 1 amide bonds. The van der Waals surface area contributed by atoms with Crippen LogP contribution in [0, 0.1) is 0 Å². The highest BCUT2D eigenvalue weighted by molar-refractivity contribution is 5.76. The van der Waals surface area contributed by atoms with E-state index in [-0.39, 0.29) is 18.5 Å². The first kappa shape index (κ1) is 73.8. The minimum Gasteiger partial charge on any atom is -0.466 e. The van der Waals surface area contributed by atoms with Crippen molar-refractivity contribution in [1.82, 2.24) is 5.32 Å². The van der Waals surface area contributed by atoms with Crippen LogP contribution in [-0.2, 0) is 14.3 Å². The molecule has 0 aromatic heterocycles. The Morgan fingerprint density at radius 3 is 1.01 bits per heavy atom. The van der Waals surface area contributed by atoms with Gasteiger partial charge >= 0.3 is 5.97 Å². The number of carbonyl (C=O) groups excluding carboxylic acids is 2. The number of allylic oxidation sites excluding steroid dienone is 7. The van der Waals surface area contributed by atoms with Crippen molar-refractivity contribution in [3.05, 3.63) is 48.6 Å². The second kappa shape index (κ2) is 65.3. The lowest BCUT2D eigenvalue weighted by Crippen LogP contribution is -2.45. The third-order valence-electron chi connectivity index (χ3n) is 15.6. The second-order valence-corrected chi connectivity index (χ2v) is 23.1. The summed E-state index contributed by atoms with van der Waals surface area (Å²) < 4.78 is 5.48. The summed E-state index contributed by atoms with van der Waals surface area (Å²) in [7, 11) is 0. The number of rotatable bonds is 63. The Balaban J connectivity index is 3.38. The van der Waals surface area contributed by atoms with Crippen LogP contribution in [0.4, 0.5) is 0 Å². The molecule has 0 bridgehead atoms. The first-order valence-corrected chi connectivity index (χ1v) is 33.9. The summed E-state index contributed by atoms with van der Waals surface area (Å²) in [6, 6.07) is -0.625. The van der Waals surface area contributed by atoms with Crippen LogP contribution in [0.15, 0.2) is 48.6 Å². The summed E-state index contributed by atoms with van der Waals surface area (Å²) in [6.45, 7) is 4.89. The maximum absolute atomic E-state index is 12.4. The summed E-state index contributed by atoms with van der Waals surface area (Å²) in [5.41, 5.74) is 0. The van der Waals surface area contributed by atoms with E-state index in [0.29, 0.717) is 19.4 Å². The van der Waals surface area contributed by atoms with E-state index in [9.17, 15) is 19.8 Å². The third kappa shape index (κ3) is 61.0. The van der Waals surface area contributed by atoms with Gasteiger partial charge < -0.3 is 20.3 Å². The van der Waals surface area contributed by atoms with Crippen LogP contribution < -0.4 is 5.32 Å². The first-order valence-electron chi connectivity index (χ1n) is 33.9. The topological polar surface area (TPSA) is 95.9 Å². The van der Waals surface area contributed by atoms with Gasteiger partial charge in [0.1, 0.15) is 0 Å². The Morgan fingerprint density at radius 2 is 0.658 bits per heavy atom. The number of amides is 1. The molecule has 2 unspecified atom stereocenters. The molecule has 0 aliphatic carbocycles. The van der Waals surface area contributed by atoms with Crippen LogP contribution >= 0.6 is 0 Å². The van der Waals surface area contributed by atoms with Gasteiger partial charge in [0.05, 0.1) is 25.4 Å². The number of aliphatic hydroxyl groups excluding tert-OH is 2. The number of unbranched alkanes of at least 4 members (excludes halogenated alkanes) is 46. The highest BCUT2D eigenvalue weighted by Gasteiger charge is 2.18. The molecular formula is C70H131NO5. The van der Waals surface area contributed by atoms with E-state index in [1.54, 1.807) is 6.08 Å². The Morgan fingerprint density at radius 1 is 0.368 bits per heavy atom. The predicted octanol–water partition coefficient (Wildman–Crippen LogP) is 21.7. The molecule has 6 heteroatoms. The average Bonchev–Trinajstić information content (AvgIpc) is 3.42. The lowest BCUT2D eigenvalue weighted by molar-refractivity contribution is -0.143. The molecule has 0 saturated carbocycles. The van der Waals surface area contributed by atoms with Gasteiger partial charge in [-0.25, -0.2) is 0 Å². The van der Waals surface area contributed by atoms with Gasteiger partial charge in [-0.1, -0.05) is 306 Å². The fraction of sp³-hybridized carbons (Fsp3) is 0.857. The van der Waals surface area contributed by atoms with Crippen LogP contribution in [0.2, 0.25) is 0 Å². The van der Waals surface area contributed by atoms with Crippen molar-refractivity contribution in [1.29, 1.82) is 0 Å². The minimum absolute atomic E-state index is 0.00587. The first-order chi connectivity index (χ1) is 37.5. The highest BCUT2D eigenvalue weighted by atomic mass is 16.5. The molecular weight excluding hydrogens is 935 g/mol. The molecule has 0 heterocycles. The molecule has 2 atom stereocenters. The standard InChI is InChI=1S/C70H131NO5/c1-3-5-7-9-11-13-15-16-36-40-44-48-52-56-60-64-70(75)76-65-61-57-53-49-45-41-38-35-33-31-29-27-25-23-21-19-17-18-20-22-24-26-28-30-32-34-37-39-43-47-51-55-59-63-69(74)71-67(66-72)68(73)62-58-54-50-46-42-14-12-10-8-6-4-2/h16,21,23,27,29,36,58,62,67-68,72-73H,3-15,17-20,22,24-26,28,30-35,37-57,59-61,63-66H2,1-2H3,(H,71,74)/b23-21-,29-27-,36-16-,62-58+. The number of carbonyl (C=O) groups is 2. The smallest absolute Gasteiger partial charge is 0.305 e. The SMILES string of the molecule is CCCCCCCC/C=C\CCCCCCCC(=O)OCCCCCCCCCCC/C=C\C/C=C\CCCCCCCCCCCCCCCCCCCC(=O)NC(CO)C(O)/C=C/CCCCCCCCCCC. The Labute approximate surface area is 474 Å². The summed E-state index contributed by atoms with van der Waals surface area (Å²) >= 11 is 0. The molecule has 0 rings (SSSR count). The molecule has 6 nitrogen and oxygen atoms in total.